The van der Waals surface area contributed by atoms with Gasteiger partial charge in [-0.2, -0.15) is 0 Å². The van der Waals surface area contributed by atoms with Crippen molar-refractivity contribution in [2.24, 2.45) is 0 Å². The Bertz CT molecular complexity index is 561. The van der Waals surface area contributed by atoms with E-state index in [2.05, 4.69) is 17.5 Å². The molecule has 0 bridgehead atoms. The van der Waals surface area contributed by atoms with Crippen LogP contribution >= 0.6 is 0 Å². The third-order valence-electron chi connectivity index (χ3n) is 4.73. The van der Waals surface area contributed by atoms with E-state index in [1.807, 2.05) is 35.2 Å². The molecule has 0 spiro atoms. The van der Waals surface area contributed by atoms with E-state index in [9.17, 15) is 9.90 Å². The van der Waals surface area contributed by atoms with Gasteiger partial charge in [-0.05, 0) is 24.8 Å². The monoisotopic (exact) mass is 330 g/mol. The minimum absolute atomic E-state index is 0.0555. The molecular formula is C19H26N2O3. The van der Waals surface area contributed by atoms with Gasteiger partial charge in [-0.1, -0.05) is 42.5 Å². The lowest BCUT2D eigenvalue weighted by molar-refractivity contribution is -0.00724. The molecule has 1 fully saturated rings. The van der Waals surface area contributed by atoms with Crippen LogP contribution in [-0.2, 0) is 4.74 Å². The van der Waals surface area contributed by atoms with Crippen molar-refractivity contribution in [2.75, 3.05) is 19.8 Å². The van der Waals surface area contributed by atoms with Gasteiger partial charge in [0.1, 0.15) is 0 Å². The van der Waals surface area contributed by atoms with Crippen molar-refractivity contribution in [2.45, 2.75) is 43.9 Å². The van der Waals surface area contributed by atoms with Gasteiger partial charge in [0.15, 0.2) is 0 Å². The fraction of sp³-hybridized carbons (Fsp3) is 0.526. The van der Waals surface area contributed by atoms with Gasteiger partial charge in [0.05, 0.1) is 25.4 Å². The molecule has 0 radical (unpaired) electrons. The van der Waals surface area contributed by atoms with Crippen molar-refractivity contribution in [3.8, 4) is 0 Å². The van der Waals surface area contributed by atoms with E-state index >= 15 is 0 Å². The Balaban J connectivity index is 1.61. The van der Waals surface area contributed by atoms with Gasteiger partial charge < -0.3 is 20.1 Å². The summed E-state index contributed by atoms with van der Waals surface area (Å²) in [6.07, 6.45) is 7.29. The zero-order chi connectivity index (χ0) is 16.8. The largest absolute Gasteiger partial charge is 0.388 e. The SMILES string of the molecule is O=C(NC1C=CCCC1)N1CCOCC1CC(O)c1ccccc1. The molecular weight excluding hydrogens is 304 g/mol. The highest BCUT2D eigenvalue weighted by Gasteiger charge is 2.30. The lowest BCUT2D eigenvalue weighted by Crippen LogP contribution is -2.54. The van der Waals surface area contributed by atoms with Crippen LogP contribution in [0.15, 0.2) is 42.5 Å². The molecule has 1 heterocycles. The molecule has 130 valence electrons. The van der Waals surface area contributed by atoms with Crippen LogP contribution in [0.25, 0.3) is 0 Å². The topological polar surface area (TPSA) is 61.8 Å². The highest BCUT2D eigenvalue weighted by atomic mass is 16.5. The fourth-order valence-corrected chi connectivity index (χ4v) is 3.36. The third kappa shape index (κ3) is 4.36. The number of aliphatic hydroxyl groups is 1. The number of carbonyl (C=O) groups is 1. The van der Waals surface area contributed by atoms with E-state index in [4.69, 9.17) is 4.74 Å². The van der Waals surface area contributed by atoms with Crippen LogP contribution < -0.4 is 5.32 Å². The lowest BCUT2D eigenvalue weighted by atomic mass is 10.0. The molecule has 1 saturated heterocycles. The van der Waals surface area contributed by atoms with Crippen LogP contribution in [0, 0.1) is 0 Å². The summed E-state index contributed by atoms with van der Waals surface area (Å²) in [6.45, 7) is 1.58. The van der Waals surface area contributed by atoms with Crippen LogP contribution in [0.3, 0.4) is 0 Å². The van der Waals surface area contributed by atoms with Crippen LogP contribution in [0.1, 0.15) is 37.4 Å². The number of rotatable bonds is 4. The average molecular weight is 330 g/mol. The molecule has 2 N–H and O–H groups in total. The van der Waals surface area contributed by atoms with Crippen LogP contribution in [-0.4, -0.2) is 47.9 Å². The Morgan fingerprint density at radius 3 is 2.96 bits per heavy atom. The normalized spacial score (nSPS) is 25.3. The number of aliphatic hydroxyl groups excluding tert-OH is 1. The number of ether oxygens (including phenoxy) is 1. The van der Waals surface area contributed by atoms with Crippen molar-refractivity contribution >= 4 is 6.03 Å². The molecule has 3 rings (SSSR count). The first-order valence-electron chi connectivity index (χ1n) is 8.78. The Kier molecular flexibility index (Phi) is 5.88. The predicted molar refractivity (Wildman–Crippen MR) is 92.6 cm³/mol. The number of urea groups is 1. The molecule has 3 atom stereocenters. The maximum Gasteiger partial charge on any atom is 0.318 e. The highest BCUT2D eigenvalue weighted by molar-refractivity contribution is 5.75. The smallest absolute Gasteiger partial charge is 0.318 e. The minimum Gasteiger partial charge on any atom is -0.388 e. The second-order valence-corrected chi connectivity index (χ2v) is 6.50. The van der Waals surface area contributed by atoms with Crippen LogP contribution in [0.5, 0.6) is 0 Å². The van der Waals surface area contributed by atoms with Crippen molar-refractivity contribution < 1.29 is 14.6 Å². The first kappa shape index (κ1) is 17.0. The van der Waals surface area contributed by atoms with Crippen molar-refractivity contribution in [3.63, 3.8) is 0 Å². The van der Waals surface area contributed by atoms with E-state index in [-0.39, 0.29) is 18.1 Å². The maximum absolute atomic E-state index is 12.6. The summed E-state index contributed by atoms with van der Waals surface area (Å²) in [5, 5.41) is 13.6. The van der Waals surface area contributed by atoms with Crippen molar-refractivity contribution in [1.82, 2.24) is 10.2 Å². The lowest BCUT2D eigenvalue weighted by Gasteiger charge is -2.37. The molecule has 3 unspecified atom stereocenters. The average Bonchev–Trinajstić information content (AvgIpc) is 2.63. The number of hydrogen-bond acceptors (Lipinski definition) is 3. The predicted octanol–water partition coefficient (Wildman–Crippen LogP) is 2.63. The first-order chi connectivity index (χ1) is 11.7. The number of nitrogens with one attached hydrogen (secondary N) is 1. The minimum atomic E-state index is -0.595. The van der Waals surface area contributed by atoms with Gasteiger partial charge in [-0.15, -0.1) is 0 Å². The molecule has 1 aromatic rings. The summed E-state index contributed by atoms with van der Waals surface area (Å²) >= 11 is 0. The third-order valence-corrected chi connectivity index (χ3v) is 4.73. The number of nitrogens with zero attached hydrogens (tertiary/aromatic N) is 1. The van der Waals surface area contributed by atoms with Crippen molar-refractivity contribution in [3.05, 3.63) is 48.0 Å². The summed E-state index contributed by atoms with van der Waals surface area (Å²) in [6, 6.07) is 9.52. The molecule has 5 nitrogen and oxygen atoms in total. The molecule has 24 heavy (non-hydrogen) atoms. The molecule has 1 aliphatic carbocycles. The first-order valence-corrected chi connectivity index (χ1v) is 8.78. The Morgan fingerprint density at radius 2 is 2.21 bits per heavy atom. The molecule has 1 aliphatic heterocycles. The number of benzene rings is 1. The summed E-state index contributed by atoms with van der Waals surface area (Å²) < 4.78 is 5.54. The Labute approximate surface area is 143 Å². The molecule has 1 aromatic carbocycles. The van der Waals surface area contributed by atoms with Gasteiger partial charge >= 0.3 is 6.03 Å². The standard InChI is InChI=1S/C19H26N2O3/c22-18(15-7-3-1-4-8-15)13-17-14-24-12-11-21(17)19(23)20-16-9-5-2-6-10-16/h1,3-5,7-9,16-18,22H,2,6,10-14H2,(H,20,23). The zero-order valence-corrected chi connectivity index (χ0v) is 13.9. The van der Waals surface area contributed by atoms with E-state index in [0.717, 1.165) is 24.8 Å². The quantitative estimate of drug-likeness (QED) is 0.834. The molecule has 0 saturated carbocycles. The number of hydrogen-bond donors (Lipinski definition) is 2. The van der Waals surface area contributed by atoms with E-state index in [1.165, 1.54) is 0 Å². The summed E-state index contributed by atoms with van der Waals surface area (Å²) in [7, 11) is 0. The fourth-order valence-electron chi connectivity index (χ4n) is 3.36. The van der Waals surface area contributed by atoms with Crippen molar-refractivity contribution in [1.29, 1.82) is 0 Å². The molecule has 5 heteroatoms. The van der Waals surface area contributed by atoms with Gasteiger partial charge in [0, 0.05) is 19.0 Å². The number of morpholine rings is 1. The maximum atomic E-state index is 12.6. The second kappa shape index (κ2) is 8.31. The van der Waals surface area contributed by atoms with Gasteiger partial charge in [0.25, 0.3) is 0 Å². The molecule has 2 aliphatic rings. The van der Waals surface area contributed by atoms with E-state index < -0.39 is 6.10 Å². The molecule has 0 aromatic heterocycles. The summed E-state index contributed by atoms with van der Waals surface area (Å²) in [4.78, 5) is 14.5. The highest BCUT2D eigenvalue weighted by Crippen LogP contribution is 2.23. The number of carbonyl (C=O) groups excluding carboxylic acids is 1. The zero-order valence-electron chi connectivity index (χ0n) is 13.9. The number of amides is 2. The van der Waals surface area contributed by atoms with Crippen LogP contribution in [0.4, 0.5) is 4.79 Å². The molecule has 2 amide bonds. The van der Waals surface area contributed by atoms with Gasteiger partial charge in [-0.3, -0.25) is 0 Å². The van der Waals surface area contributed by atoms with Gasteiger partial charge in [0.2, 0.25) is 0 Å². The van der Waals surface area contributed by atoms with Crippen LogP contribution in [0.2, 0.25) is 0 Å². The second-order valence-electron chi connectivity index (χ2n) is 6.50. The van der Waals surface area contributed by atoms with Gasteiger partial charge in [-0.25, -0.2) is 4.79 Å². The summed E-state index contributed by atoms with van der Waals surface area (Å²) in [5.41, 5.74) is 0.874. The Morgan fingerprint density at radius 1 is 1.38 bits per heavy atom. The van der Waals surface area contributed by atoms with E-state index in [0.29, 0.717) is 26.2 Å². The Hall–Kier alpha value is -1.85. The number of allylic oxidation sites excluding steroid dienone is 1. The summed E-state index contributed by atoms with van der Waals surface area (Å²) in [5.74, 6) is 0. The van der Waals surface area contributed by atoms with E-state index in [1.54, 1.807) is 0 Å².